The minimum absolute atomic E-state index is 0.152. The Bertz CT molecular complexity index is 1300. The highest BCUT2D eigenvalue weighted by molar-refractivity contribution is 7.90. The molecule has 0 fully saturated rings. The van der Waals surface area contributed by atoms with Crippen molar-refractivity contribution in [2.45, 2.75) is 23.9 Å². The van der Waals surface area contributed by atoms with Crippen LogP contribution in [0.3, 0.4) is 0 Å². The molecular weight excluding hydrogens is 415 g/mol. The van der Waals surface area contributed by atoms with E-state index in [1.165, 1.54) is 12.1 Å². The summed E-state index contributed by atoms with van der Waals surface area (Å²) in [6.45, 7) is 0. The first-order valence-corrected chi connectivity index (χ1v) is 10.5. The van der Waals surface area contributed by atoms with E-state index in [1.807, 2.05) is 6.07 Å². The summed E-state index contributed by atoms with van der Waals surface area (Å²) in [5.74, 6) is 0.152. The maximum absolute atomic E-state index is 13.5. The lowest BCUT2D eigenvalue weighted by molar-refractivity contribution is -0.139. The van der Waals surface area contributed by atoms with Crippen molar-refractivity contribution < 1.29 is 21.6 Å². The Morgan fingerprint density at radius 3 is 2.30 bits per heavy atom. The summed E-state index contributed by atoms with van der Waals surface area (Å²) in [6.07, 6.45) is -2.61. The quantitative estimate of drug-likeness (QED) is 0.468. The third-order valence-electron chi connectivity index (χ3n) is 4.63. The molecule has 0 saturated carbocycles. The molecule has 0 aliphatic rings. The van der Waals surface area contributed by atoms with Gasteiger partial charge in [0.15, 0.2) is 0 Å². The van der Waals surface area contributed by atoms with E-state index in [1.54, 1.807) is 36.5 Å². The standard InChI is InChI=1S/C21H16F3N3O2S/c22-21(23,24)16-8-1-4-11-19(16)30(28,29)27-18-10-3-2-9-17(18)26-20(27)13-12-15-7-5-6-14-25-15/h1-11,14H,12-13H2. The first-order chi connectivity index (χ1) is 14.3. The molecular formula is C21H16F3N3O2S. The molecule has 4 rings (SSSR count). The number of alkyl halides is 3. The molecule has 0 aliphatic heterocycles. The molecule has 154 valence electrons. The first kappa shape index (κ1) is 20.1. The smallest absolute Gasteiger partial charge is 0.261 e. The number of hydrogen-bond acceptors (Lipinski definition) is 4. The first-order valence-electron chi connectivity index (χ1n) is 9.06. The van der Waals surface area contributed by atoms with Gasteiger partial charge in [-0.2, -0.15) is 13.2 Å². The van der Waals surface area contributed by atoms with E-state index in [-0.39, 0.29) is 17.8 Å². The van der Waals surface area contributed by atoms with E-state index >= 15 is 0 Å². The molecule has 0 bridgehead atoms. The second kappa shape index (κ2) is 7.56. The number of aryl methyl sites for hydroxylation is 2. The fourth-order valence-corrected chi connectivity index (χ4v) is 5.02. The fourth-order valence-electron chi connectivity index (χ4n) is 3.29. The maximum Gasteiger partial charge on any atom is 0.417 e. The summed E-state index contributed by atoms with van der Waals surface area (Å²) in [5, 5.41) is 0. The minimum Gasteiger partial charge on any atom is -0.261 e. The predicted octanol–water partition coefficient (Wildman–Crippen LogP) is 4.47. The molecule has 0 spiro atoms. The van der Waals surface area contributed by atoms with Crippen LogP contribution in [0.2, 0.25) is 0 Å². The third kappa shape index (κ3) is 3.68. The van der Waals surface area contributed by atoms with Gasteiger partial charge >= 0.3 is 6.18 Å². The number of aromatic nitrogens is 3. The molecule has 0 unspecified atom stereocenters. The number of nitrogens with zero attached hydrogens (tertiary/aromatic N) is 3. The number of pyridine rings is 1. The number of benzene rings is 2. The van der Waals surface area contributed by atoms with Crippen LogP contribution in [0.15, 0.2) is 77.8 Å². The Kier molecular flexibility index (Phi) is 5.07. The van der Waals surface area contributed by atoms with E-state index in [9.17, 15) is 21.6 Å². The van der Waals surface area contributed by atoms with Crippen molar-refractivity contribution in [3.63, 3.8) is 0 Å². The van der Waals surface area contributed by atoms with Crippen LogP contribution in [0.5, 0.6) is 0 Å². The van der Waals surface area contributed by atoms with Crippen molar-refractivity contribution in [3.8, 4) is 0 Å². The van der Waals surface area contributed by atoms with Crippen LogP contribution >= 0.6 is 0 Å². The van der Waals surface area contributed by atoms with Crippen molar-refractivity contribution >= 4 is 21.1 Å². The Labute approximate surface area is 170 Å². The molecule has 0 amide bonds. The molecule has 2 heterocycles. The second-order valence-electron chi connectivity index (χ2n) is 6.60. The average Bonchev–Trinajstić information content (AvgIpc) is 3.11. The lowest BCUT2D eigenvalue weighted by Crippen LogP contribution is -2.21. The molecule has 9 heteroatoms. The van der Waals surface area contributed by atoms with Crippen LogP contribution in [0.25, 0.3) is 11.0 Å². The number of hydrogen-bond donors (Lipinski definition) is 0. The van der Waals surface area contributed by atoms with E-state index in [4.69, 9.17) is 0 Å². The van der Waals surface area contributed by atoms with Crippen LogP contribution in [0, 0.1) is 0 Å². The number of imidazole rings is 1. The molecule has 30 heavy (non-hydrogen) atoms. The van der Waals surface area contributed by atoms with Gasteiger partial charge in [0.2, 0.25) is 0 Å². The van der Waals surface area contributed by atoms with Gasteiger partial charge in [0, 0.05) is 18.3 Å². The van der Waals surface area contributed by atoms with Crippen molar-refractivity contribution in [3.05, 3.63) is 90.0 Å². The largest absolute Gasteiger partial charge is 0.417 e. The van der Waals surface area contributed by atoms with Gasteiger partial charge in [0.1, 0.15) is 10.7 Å². The highest BCUT2D eigenvalue weighted by Crippen LogP contribution is 2.36. The zero-order valence-electron chi connectivity index (χ0n) is 15.5. The minimum atomic E-state index is -4.81. The molecule has 2 aromatic carbocycles. The highest BCUT2D eigenvalue weighted by atomic mass is 32.2. The van der Waals surface area contributed by atoms with Crippen molar-refractivity contribution in [2.24, 2.45) is 0 Å². The van der Waals surface area contributed by atoms with Crippen molar-refractivity contribution in [2.75, 3.05) is 0 Å². The highest BCUT2D eigenvalue weighted by Gasteiger charge is 2.38. The van der Waals surface area contributed by atoms with Gasteiger partial charge < -0.3 is 0 Å². The topological polar surface area (TPSA) is 64.8 Å². The van der Waals surface area contributed by atoms with Crippen LogP contribution in [-0.4, -0.2) is 22.4 Å². The van der Waals surface area contributed by atoms with Gasteiger partial charge in [-0.05, 0) is 42.8 Å². The number of para-hydroxylation sites is 2. The monoisotopic (exact) mass is 431 g/mol. The van der Waals surface area contributed by atoms with Crippen LogP contribution in [0.1, 0.15) is 17.1 Å². The summed E-state index contributed by atoms with van der Waals surface area (Å²) in [5.41, 5.74) is 0.134. The Balaban J connectivity index is 1.88. The summed E-state index contributed by atoms with van der Waals surface area (Å²) < 4.78 is 68.3. The number of rotatable bonds is 5. The van der Waals surface area contributed by atoms with Gasteiger partial charge in [-0.15, -0.1) is 0 Å². The summed E-state index contributed by atoms with van der Waals surface area (Å²) >= 11 is 0. The van der Waals surface area contributed by atoms with Gasteiger partial charge in [-0.1, -0.05) is 30.3 Å². The molecule has 4 aromatic rings. The Morgan fingerprint density at radius 1 is 0.867 bits per heavy atom. The van der Waals surface area contributed by atoms with Gasteiger partial charge in [-0.3, -0.25) is 4.98 Å². The summed E-state index contributed by atoms with van der Waals surface area (Å²) in [7, 11) is -4.56. The lowest BCUT2D eigenvalue weighted by atomic mass is 10.2. The summed E-state index contributed by atoms with van der Waals surface area (Å²) in [4.78, 5) is 7.79. The predicted molar refractivity (Wildman–Crippen MR) is 105 cm³/mol. The zero-order chi connectivity index (χ0) is 21.4. The maximum atomic E-state index is 13.5. The molecule has 2 aromatic heterocycles. The third-order valence-corrected chi connectivity index (χ3v) is 6.43. The molecule has 0 radical (unpaired) electrons. The van der Waals surface area contributed by atoms with Gasteiger partial charge in [-0.25, -0.2) is 17.4 Å². The van der Waals surface area contributed by atoms with Crippen LogP contribution in [-0.2, 0) is 29.0 Å². The Morgan fingerprint density at radius 2 is 1.57 bits per heavy atom. The molecule has 0 aliphatic carbocycles. The molecule has 5 nitrogen and oxygen atoms in total. The fraction of sp³-hybridized carbons (Fsp3) is 0.143. The van der Waals surface area contributed by atoms with E-state index in [2.05, 4.69) is 9.97 Å². The summed E-state index contributed by atoms with van der Waals surface area (Å²) in [6, 6.07) is 16.0. The molecule has 0 atom stereocenters. The van der Waals surface area contributed by atoms with Gasteiger partial charge in [0.05, 0.1) is 16.6 Å². The van der Waals surface area contributed by atoms with Crippen LogP contribution in [0.4, 0.5) is 13.2 Å². The molecule has 0 saturated heterocycles. The average molecular weight is 431 g/mol. The van der Waals surface area contributed by atoms with E-state index in [0.29, 0.717) is 11.9 Å². The zero-order valence-corrected chi connectivity index (χ0v) is 16.4. The second-order valence-corrected chi connectivity index (χ2v) is 8.36. The number of halogens is 3. The van der Waals surface area contributed by atoms with Crippen molar-refractivity contribution in [1.29, 1.82) is 0 Å². The van der Waals surface area contributed by atoms with E-state index in [0.717, 1.165) is 27.9 Å². The SMILES string of the molecule is O=S(=O)(c1ccccc1C(F)(F)F)n1c(CCc2ccccn2)nc2ccccc21. The number of fused-ring (bicyclic) bond motifs is 1. The lowest BCUT2D eigenvalue weighted by Gasteiger charge is -2.15. The van der Waals surface area contributed by atoms with Crippen LogP contribution < -0.4 is 0 Å². The van der Waals surface area contributed by atoms with Gasteiger partial charge in [0.25, 0.3) is 10.0 Å². The normalized spacial score (nSPS) is 12.4. The van der Waals surface area contributed by atoms with Crippen molar-refractivity contribution in [1.82, 2.24) is 13.9 Å². The van der Waals surface area contributed by atoms with E-state index < -0.39 is 26.7 Å². The molecule has 0 N–H and O–H groups in total. The Hall–Kier alpha value is -3.20.